The monoisotopic (exact) mass is 247 g/mol. The Morgan fingerprint density at radius 1 is 1.44 bits per heavy atom. The van der Waals surface area contributed by atoms with Gasteiger partial charge in [0.25, 0.3) is 5.91 Å². The molecule has 0 aliphatic carbocycles. The van der Waals surface area contributed by atoms with Gasteiger partial charge in [-0.25, -0.2) is 0 Å². The lowest BCUT2D eigenvalue weighted by molar-refractivity contribution is 0.0944. The van der Waals surface area contributed by atoms with Crippen LogP contribution in [0, 0.1) is 0 Å². The van der Waals surface area contributed by atoms with Crippen molar-refractivity contribution in [1.29, 1.82) is 0 Å². The minimum Gasteiger partial charge on any atom is -0.385 e. The number of anilines is 1. The molecule has 7 nitrogen and oxygen atoms in total. The number of aromatic nitrogens is 3. The van der Waals surface area contributed by atoms with E-state index in [2.05, 4.69) is 30.3 Å². The van der Waals surface area contributed by atoms with Gasteiger partial charge in [0.1, 0.15) is 5.69 Å². The summed E-state index contributed by atoms with van der Waals surface area (Å²) in [6.07, 6.45) is 2.80. The predicted molar refractivity (Wildman–Crippen MR) is 63.9 cm³/mol. The fourth-order valence-corrected chi connectivity index (χ4v) is 1.39. The first-order valence-corrected chi connectivity index (χ1v) is 5.53. The van der Waals surface area contributed by atoms with Gasteiger partial charge in [-0.3, -0.25) is 9.78 Å². The second kappa shape index (κ2) is 5.76. The molecule has 2 aromatic rings. The lowest BCUT2D eigenvalue weighted by Gasteiger charge is -2.05. The summed E-state index contributed by atoms with van der Waals surface area (Å²) in [7, 11) is 0. The van der Waals surface area contributed by atoms with Crippen LogP contribution in [0.1, 0.15) is 23.2 Å². The Morgan fingerprint density at radius 3 is 3.06 bits per heavy atom. The summed E-state index contributed by atoms with van der Waals surface area (Å²) in [6.45, 7) is 2.98. The van der Waals surface area contributed by atoms with Crippen LogP contribution in [0.15, 0.2) is 29.2 Å². The van der Waals surface area contributed by atoms with Crippen LogP contribution in [0.3, 0.4) is 0 Å². The number of pyridine rings is 1. The van der Waals surface area contributed by atoms with E-state index >= 15 is 0 Å². The van der Waals surface area contributed by atoms with Crippen molar-refractivity contribution >= 4 is 11.6 Å². The van der Waals surface area contributed by atoms with Gasteiger partial charge in [-0.15, -0.1) is 0 Å². The normalized spacial score (nSPS) is 10.1. The number of nitrogens with zero attached hydrogens (tertiary/aromatic N) is 3. The summed E-state index contributed by atoms with van der Waals surface area (Å²) in [5.41, 5.74) is 1.20. The van der Waals surface area contributed by atoms with Crippen molar-refractivity contribution in [1.82, 2.24) is 20.4 Å². The maximum absolute atomic E-state index is 11.8. The van der Waals surface area contributed by atoms with Crippen molar-refractivity contribution in [3.8, 4) is 0 Å². The third-order valence-corrected chi connectivity index (χ3v) is 2.19. The summed E-state index contributed by atoms with van der Waals surface area (Å²) in [5.74, 6) is 0.144. The zero-order valence-corrected chi connectivity index (χ0v) is 9.88. The first-order valence-electron chi connectivity index (χ1n) is 5.53. The van der Waals surface area contributed by atoms with Crippen LogP contribution in [0.5, 0.6) is 0 Å². The molecule has 7 heteroatoms. The van der Waals surface area contributed by atoms with Crippen molar-refractivity contribution in [2.75, 3.05) is 11.9 Å². The Bertz CT molecular complexity index is 512. The number of amides is 1. The smallest absolute Gasteiger partial charge is 0.270 e. The Balaban J connectivity index is 1.97. The van der Waals surface area contributed by atoms with Crippen molar-refractivity contribution in [3.05, 3.63) is 36.2 Å². The van der Waals surface area contributed by atoms with Crippen LogP contribution in [0.4, 0.5) is 5.69 Å². The number of carbonyl (C=O) groups is 1. The molecular weight excluding hydrogens is 234 g/mol. The van der Waals surface area contributed by atoms with E-state index in [1.54, 1.807) is 18.3 Å². The van der Waals surface area contributed by atoms with Gasteiger partial charge in [0.2, 0.25) is 6.39 Å². The third-order valence-electron chi connectivity index (χ3n) is 2.19. The molecule has 0 spiro atoms. The van der Waals surface area contributed by atoms with Crippen LogP contribution in [-0.4, -0.2) is 27.6 Å². The van der Waals surface area contributed by atoms with E-state index in [0.717, 1.165) is 12.2 Å². The van der Waals surface area contributed by atoms with E-state index in [1.165, 1.54) is 6.39 Å². The molecule has 18 heavy (non-hydrogen) atoms. The molecule has 0 atom stereocenters. The molecule has 94 valence electrons. The molecule has 0 saturated heterocycles. The third kappa shape index (κ3) is 3.03. The number of rotatable bonds is 5. The van der Waals surface area contributed by atoms with Gasteiger partial charge >= 0.3 is 0 Å². The summed E-state index contributed by atoms with van der Waals surface area (Å²) >= 11 is 0. The molecule has 0 bridgehead atoms. The molecule has 2 N–H and O–H groups in total. The zero-order chi connectivity index (χ0) is 12.8. The molecule has 0 aliphatic rings. The van der Waals surface area contributed by atoms with Crippen LogP contribution in [0.25, 0.3) is 0 Å². The molecule has 0 aliphatic heterocycles. The van der Waals surface area contributed by atoms with Crippen molar-refractivity contribution in [3.63, 3.8) is 0 Å². The number of nitrogens with one attached hydrogen (secondary N) is 2. The highest BCUT2D eigenvalue weighted by Gasteiger charge is 2.08. The highest BCUT2D eigenvalue weighted by molar-refractivity contribution is 5.92. The molecule has 2 rings (SSSR count). The number of carbonyl (C=O) groups excluding carboxylic acids is 1. The molecular formula is C11H13N5O2. The summed E-state index contributed by atoms with van der Waals surface area (Å²) in [5, 5.41) is 9.36. The van der Waals surface area contributed by atoms with E-state index in [-0.39, 0.29) is 12.5 Å². The molecule has 0 fully saturated rings. The Morgan fingerprint density at radius 2 is 2.33 bits per heavy atom. The SMILES string of the molecule is CCNc1ccnc(C(=O)NCc2ncon2)c1. The minimum atomic E-state index is -0.278. The van der Waals surface area contributed by atoms with E-state index in [1.807, 2.05) is 6.92 Å². The average Bonchev–Trinajstić information content (AvgIpc) is 2.90. The quantitative estimate of drug-likeness (QED) is 0.812. The number of hydrogen-bond acceptors (Lipinski definition) is 6. The lowest BCUT2D eigenvalue weighted by Crippen LogP contribution is -2.24. The fourth-order valence-electron chi connectivity index (χ4n) is 1.39. The summed E-state index contributed by atoms with van der Waals surface area (Å²) < 4.78 is 4.57. The first kappa shape index (κ1) is 12.0. The van der Waals surface area contributed by atoms with Gasteiger partial charge < -0.3 is 15.2 Å². The van der Waals surface area contributed by atoms with Gasteiger partial charge in [0.15, 0.2) is 5.82 Å². The highest BCUT2D eigenvalue weighted by Crippen LogP contribution is 2.07. The first-order chi connectivity index (χ1) is 8.79. The largest absolute Gasteiger partial charge is 0.385 e. The van der Waals surface area contributed by atoms with Gasteiger partial charge in [-0.1, -0.05) is 5.16 Å². The highest BCUT2D eigenvalue weighted by atomic mass is 16.5. The van der Waals surface area contributed by atoms with Crippen molar-refractivity contribution < 1.29 is 9.32 Å². The van der Waals surface area contributed by atoms with Crippen LogP contribution < -0.4 is 10.6 Å². The van der Waals surface area contributed by atoms with Gasteiger partial charge in [0, 0.05) is 18.4 Å². The van der Waals surface area contributed by atoms with Crippen LogP contribution in [-0.2, 0) is 6.54 Å². The van der Waals surface area contributed by atoms with Crippen LogP contribution >= 0.6 is 0 Å². The van der Waals surface area contributed by atoms with E-state index < -0.39 is 0 Å². The Labute approximate surface area is 104 Å². The second-order valence-electron chi connectivity index (χ2n) is 3.49. The fraction of sp³-hybridized carbons (Fsp3) is 0.273. The molecule has 0 radical (unpaired) electrons. The Hall–Kier alpha value is -2.44. The van der Waals surface area contributed by atoms with Gasteiger partial charge in [-0.05, 0) is 19.1 Å². The topological polar surface area (TPSA) is 92.9 Å². The van der Waals surface area contributed by atoms with Gasteiger partial charge in [0.05, 0.1) is 6.54 Å². The van der Waals surface area contributed by atoms with E-state index in [9.17, 15) is 4.79 Å². The predicted octanol–water partition coefficient (Wildman–Crippen LogP) is 0.826. The molecule has 2 aromatic heterocycles. The Kier molecular flexibility index (Phi) is 3.85. The maximum atomic E-state index is 11.8. The van der Waals surface area contributed by atoms with Crippen molar-refractivity contribution in [2.24, 2.45) is 0 Å². The van der Waals surface area contributed by atoms with Crippen LogP contribution in [0.2, 0.25) is 0 Å². The average molecular weight is 247 g/mol. The summed E-state index contributed by atoms with van der Waals surface area (Å²) in [6, 6.07) is 3.49. The molecule has 0 saturated carbocycles. The minimum absolute atomic E-state index is 0.211. The maximum Gasteiger partial charge on any atom is 0.270 e. The zero-order valence-electron chi connectivity index (χ0n) is 9.88. The van der Waals surface area contributed by atoms with E-state index in [4.69, 9.17) is 0 Å². The van der Waals surface area contributed by atoms with E-state index in [0.29, 0.717) is 11.5 Å². The lowest BCUT2D eigenvalue weighted by atomic mass is 10.3. The molecule has 2 heterocycles. The van der Waals surface area contributed by atoms with Gasteiger partial charge in [-0.2, -0.15) is 4.98 Å². The molecule has 0 aromatic carbocycles. The second-order valence-corrected chi connectivity index (χ2v) is 3.49. The van der Waals surface area contributed by atoms with Crippen molar-refractivity contribution in [2.45, 2.75) is 13.5 Å². The molecule has 1 amide bonds. The summed E-state index contributed by atoms with van der Waals surface area (Å²) in [4.78, 5) is 19.6. The molecule has 0 unspecified atom stereocenters. The standard InChI is InChI=1S/C11H13N5O2/c1-2-12-8-3-4-13-9(5-8)11(17)14-6-10-15-7-18-16-10/h3-5,7H,2,6H2,1H3,(H,12,13)(H,14,17). The number of hydrogen-bond donors (Lipinski definition) is 2.